The van der Waals surface area contributed by atoms with E-state index in [1.54, 1.807) is 12.2 Å². The zero-order chi connectivity index (χ0) is 19.5. The van der Waals surface area contributed by atoms with Crippen molar-refractivity contribution < 1.29 is 9.59 Å². The van der Waals surface area contributed by atoms with Crippen LogP contribution in [0, 0.1) is 5.92 Å². The summed E-state index contributed by atoms with van der Waals surface area (Å²) in [4.78, 5) is 27.7. The Bertz CT molecular complexity index is 627. The SMILES string of the molecule is CC(=O)[C@H](CC(C)C)NC(=O)/C=C/C=C/C=C/C=C/C1=CN(C)CN1C. The van der Waals surface area contributed by atoms with E-state index in [-0.39, 0.29) is 11.7 Å². The Kier molecular flexibility index (Phi) is 9.20. The molecular formula is C21H31N3O2. The highest BCUT2D eigenvalue weighted by Crippen LogP contribution is 2.12. The smallest absolute Gasteiger partial charge is 0.244 e. The minimum absolute atomic E-state index is 0.0140. The zero-order valence-electron chi connectivity index (χ0n) is 16.5. The first kappa shape index (κ1) is 21.5. The third kappa shape index (κ3) is 8.51. The van der Waals surface area contributed by atoms with E-state index in [0.717, 1.165) is 6.67 Å². The number of allylic oxidation sites excluding steroid dienone is 7. The Morgan fingerprint density at radius 3 is 2.27 bits per heavy atom. The third-order valence-corrected chi connectivity index (χ3v) is 3.81. The van der Waals surface area contributed by atoms with Crippen molar-refractivity contribution >= 4 is 11.7 Å². The largest absolute Gasteiger partial charge is 0.361 e. The van der Waals surface area contributed by atoms with Gasteiger partial charge < -0.3 is 15.1 Å². The minimum Gasteiger partial charge on any atom is -0.361 e. The summed E-state index contributed by atoms with van der Waals surface area (Å²) in [5.74, 6) is 0.0890. The predicted octanol–water partition coefficient (Wildman–Crippen LogP) is 3.01. The lowest BCUT2D eigenvalue weighted by Gasteiger charge is -2.16. The molecule has 0 fully saturated rings. The van der Waals surface area contributed by atoms with Crippen molar-refractivity contribution in [3.05, 3.63) is 60.5 Å². The van der Waals surface area contributed by atoms with Crippen molar-refractivity contribution in [3.63, 3.8) is 0 Å². The number of nitrogens with one attached hydrogen (secondary N) is 1. The van der Waals surface area contributed by atoms with Gasteiger partial charge in [-0.25, -0.2) is 0 Å². The summed E-state index contributed by atoms with van der Waals surface area (Å²) in [6.07, 6.45) is 17.3. The highest BCUT2D eigenvalue weighted by molar-refractivity contribution is 5.92. The van der Waals surface area contributed by atoms with E-state index in [9.17, 15) is 9.59 Å². The molecular weight excluding hydrogens is 326 g/mol. The minimum atomic E-state index is -0.414. The number of hydrogen-bond acceptors (Lipinski definition) is 4. The number of carbonyl (C=O) groups excluding carboxylic acids is 2. The van der Waals surface area contributed by atoms with Gasteiger partial charge in [0.1, 0.15) is 0 Å². The van der Waals surface area contributed by atoms with Crippen molar-refractivity contribution in [2.75, 3.05) is 20.8 Å². The standard InChI is InChI=1S/C21H31N3O2/c1-17(2)14-20(18(3)25)22-21(26)13-11-9-7-6-8-10-12-19-15-23(4)16-24(19)5/h6-13,15,17,20H,14,16H2,1-5H3,(H,22,26)/b8-6+,9-7+,12-10+,13-11+/t20-/m0/s1. The van der Waals surface area contributed by atoms with Crippen LogP contribution in [0.4, 0.5) is 0 Å². The third-order valence-electron chi connectivity index (χ3n) is 3.81. The first-order chi connectivity index (χ1) is 12.3. The molecule has 0 aliphatic carbocycles. The molecule has 5 nitrogen and oxygen atoms in total. The first-order valence-electron chi connectivity index (χ1n) is 8.91. The van der Waals surface area contributed by atoms with Gasteiger partial charge in [0.2, 0.25) is 5.91 Å². The van der Waals surface area contributed by atoms with E-state index in [4.69, 9.17) is 0 Å². The lowest BCUT2D eigenvalue weighted by Crippen LogP contribution is -2.39. The van der Waals surface area contributed by atoms with Crippen molar-refractivity contribution in [1.29, 1.82) is 0 Å². The molecule has 0 aromatic heterocycles. The molecule has 26 heavy (non-hydrogen) atoms. The lowest BCUT2D eigenvalue weighted by molar-refractivity contribution is -0.124. The second-order valence-corrected chi connectivity index (χ2v) is 6.94. The maximum absolute atomic E-state index is 11.9. The van der Waals surface area contributed by atoms with E-state index >= 15 is 0 Å². The molecule has 1 rings (SSSR count). The molecule has 142 valence electrons. The second-order valence-electron chi connectivity index (χ2n) is 6.94. The van der Waals surface area contributed by atoms with E-state index in [0.29, 0.717) is 12.3 Å². The van der Waals surface area contributed by atoms with Gasteiger partial charge in [0, 0.05) is 26.4 Å². The van der Waals surface area contributed by atoms with Crippen LogP contribution >= 0.6 is 0 Å². The summed E-state index contributed by atoms with van der Waals surface area (Å²) in [7, 11) is 4.09. The summed E-state index contributed by atoms with van der Waals surface area (Å²) < 4.78 is 0. The first-order valence-corrected chi connectivity index (χ1v) is 8.91. The Morgan fingerprint density at radius 2 is 1.73 bits per heavy atom. The van der Waals surface area contributed by atoms with Crippen LogP contribution in [0.15, 0.2) is 60.5 Å². The van der Waals surface area contributed by atoms with Crippen molar-refractivity contribution in [2.45, 2.75) is 33.2 Å². The molecule has 0 bridgehead atoms. The Labute approximate surface area is 157 Å². The van der Waals surface area contributed by atoms with E-state index in [1.807, 2.05) is 51.3 Å². The average Bonchev–Trinajstić information content (AvgIpc) is 2.86. The van der Waals surface area contributed by atoms with Crippen LogP contribution in [0.1, 0.15) is 27.2 Å². The van der Waals surface area contributed by atoms with Gasteiger partial charge in [-0.1, -0.05) is 50.3 Å². The van der Waals surface area contributed by atoms with Gasteiger partial charge in [-0.2, -0.15) is 0 Å². The highest BCUT2D eigenvalue weighted by Gasteiger charge is 2.16. The van der Waals surface area contributed by atoms with E-state index in [1.165, 1.54) is 18.7 Å². The van der Waals surface area contributed by atoms with Crippen molar-refractivity contribution in [2.24, 2.45) is 5.92 Å². The number of ketones is 1. The van der Waals surface area contributed by atoms with Crippen LogP contribution in [0.2, 0.25) is 0 Å². The Hall–Kier alpha value is -2.56. The number of carbonyl (C=O) groups is 2. The fourth-order valence-electron chi connectivity index (χ4n) is 2.52. The number of amides is 1. The zero-order valence-corrected chi connectivity index (χ0v) is 16.5. The average molecular weight is 357 g/mol. The molecule has 1 heterocycles. The number of Topliss-reactive ketones (excluding diaryl/α,β-unsaturated/α-hetero) is 1. The summed E-state index contributed by atoms with van der Waals surface area (Å²) in [5, 5.41) is 2.74. The maximum Gasteiger partial charge on any atom is 0.244 e. The molecule has 1 aliphatic heterocycles. The molecule has 1 atom stereocenters. The topological polar surface area (TPSA) is 52.7 Å². The fourth-order valence-corrected chi connectivity index (χ4v) is 2.52. The van der Waals surface area contributed by atoms with Crippen molar-refractivity contribution in [1.82, 2.24) is 15.1 Å². The number of hydrogen-bond donors (Lipinski definition) is 1. The lowest BCUT2D eigenvalue weighted by atomic mass is 10.0. The number of nitrogens with zero attached hydrogens (tertiary/aromatic N) is 2. The molecule has 0 unspecified atom stereocenters. The van der Waals surface area contributed by atoms with Gasteiger partial charge in [0.05, 0.1) is 18.4 Å². The summed E-state index contributed by atoms with van der Waals surface area (Å²) >= 11 is 0. The van der Waals surface area contributed by atoms with Gasteiger partial charge in [0.25, 0.3) is 0 Å². The maximum atomic E-state index is 11.9. The van der Waals surface area contributed by atoms with Crippen molar-refractivity contribution in [3.8, 4) is 0 Å². The molecule has 1 amide bonds. The summed E-state index contributed by atoms with van der Waals surface area (Å²) in [6.45, 7) is 6.46. The molecule has 0 aromatic carbocycles. The second kappa shape index (κ2) is 11.1. The van der Waals surface area contributed by atoms with Gasteiger partial charge in [-0.15, -0.1) is 0 Å². The van der Waals surface area contributed by atoms with Gasteiger partial charge in [0.15, 0.2) is 5.78 Å². The van der Waals surface area contributed by atoms with Crippen LogP contribution < -0.4 is 5.32 Å². The predicted molar refractivity (Wildman–Crippen MR) is 107 cm³/mol. The summed E-state index contributed by atoms with van der Waals surface area (Å²) in [5.41, 5.74) is 1.17. The highest BCUT2D eigenvalue weighted by atomic mass is 16.2. The molecule has 1 N–H and O–H groups in total. The van der Waals surface area contributed by atoms with Crippen LogP contribution in [0.3, 0.4) is 0 Å². The molecule has 0 spiro atoms. The van der Waals surface area contributed by atoms with E-state index < -0.39 is 6.04 Å². The van der Waals surface area contributed by atoms with Gasteiger partial charge in [-0.05, 0) is 25.3 Å². The van der Waals surface area contributed by atoms with E-state index in [2.05, 4.69) is 28.4 Å². The Balaban J connectivity index is 2.39. The molecule has 5 heteroatoms. The van der Waals surface area contributed by atoms with Gasteiger partial charge >= 0.3 is 0 Å². The quantitative estimate of drug-likeness (QED) is 0.509. The fraction of sp³-hybridized carbons (Fsp3) is 0.429. The van der Waals surface area contributed by atoms with Crippen LogP contribution in [-0.4, -0.2) is 48.3 Å². The molecule has 0 saturated carbocycles. The van der Waals surface area contributed by atoms with Crippen LogP contribution in [-0.2, 0) is 9.59 Å². The summed E-state index contributed by atoms with van der Waals surface area (Å²) in [6, 6.07) is -0.414. The Morgan fingerprint density at radius 1 is 1.12 bits per heavy atom. The monoisotopic (exact) mass is 357 g/mol. The normalized spacial score (nSPS) is 16.6. The molecule has 0 radical (unpaired) electrons. The molecule has 0 saturated heterocycles. The van der Waals surface area contributed by atoms with Crippen LogP contribution in [0.5, 0.6) is 0 Å². The molecule has 1 aliphatic rings. The molecule has 0 aromatic rings. The number of likely N-dealkylation sites (N-methyl/N-ethyl adjacent to an activating group) is 1. The van der Waals surface area contributed by atoms with Crippen LogP contribution in [0.25, 0.3) is 0 Å². The number of rotatable bonds is 9. The van der Waals surface area contributed by atoms with Gasteiger partial charge in [-0.3, -0.25) is 9.59 Å².